The van der Waals surface area contributed by atoms with Crippen LogP contribution < -0.4 is 5.32 Å². The largest absolute Gasteiger partial charge is 0.314 e. The molecule has 2 aliphatic rings. The highest BCUT2D eigenvalue weighted by Gasteiger charge is 2.25. The Kier molecular flexibility index (Phi) is 6.28. The Balaban J connectivity index is 1.73. The molecule has 0 radical (unpaired) electrons. The van der Waals surface area contributed by atoms with Crippen LogP contribution in [0.15, 0.2) is 24.3 Å². The topological polar surface area (TPSA) is 21.8 Å². The highest BCUT2D eigenvalue weighted by Crippen LogP contribution is 2.25. The Labute approximate surface area is 147 Å². The van der Waals surface area contributed by atoms with E-state index in [2.05, 4.69) is 65.2 Å². The van der Waals surface area contributed by atoms with Crippen LogP contribution in [0.25, 0.3) is 0 Å². The van der Waals surface area contributed by atoms with Gasteiger partial charge < -0.3 is 10.2 Å². The molecule has 0 saturated carbocycles. The Bertz CT molecular complexity index is 485. The van der Waals surface area contributed by atoms with E-state index in [1.54, 1.807) is 0 Å². The highest BCUT2D eigenvalue weighted by molar-refractivity contribution is 5.27. The minimum absolute atomic E-state index is 0.525. The zero-order chi connectivity index (χ0) is 16.9. The molecular weight excluding hydrogens is 296 g/mol. The summed E-state index contributed by atoms with van der Waals surface area (Å²) >= 11 is 0. The minimum Gasteiger partial charge on any atom is -0.314 e. The van der Waals surface area contributed by atoms with Crippen LogP contribution in [0.2, 0.25) is 0 Å². The van der Waals surface area contributed by atoms with E-state index in [9.17, 15) is 0 Å². The first-order chi connectivity index (χ1) is 11.6. The van der Waals surface area contributed by atoms with Gasteiger partial charge in [-0.1, -0.05) is 38.1 Å². The van der Waals surface area contributed by atoms with E-state index in [-0.39, 0.29) is 0 Å². The lowest BCUT2D eigenvalue weighted by atomic mass is 9.97. The monoisotopic (exact) mass is 330 g/mol. The lowest BCUT2D eigenvalue weighted by Crippen LogP contribution is -2.51. The van der Waals surface area contributed by atoms with Crippen molar-refractivity contribution in [3.8, 4) is 0 Å². The van der Waals surface area contributed by atoms with Gasteiger partial charge in [0.2, 0.25) is 0 Å². The van der Waals surface area contributed by atoms with Crippen LogP contribution in [0.4, 0.5) is 0 Å². The molecule has 0 aromatic heterocycles. The molecule has 4 nitrogen and oxygen atoms in total. The third-order valence-electron chi connectivity index (χ3n) is 5.61. The molecule has 1 unspecified atom stereocenters. The Morgan fingerprint density at radius 3 is 2.04 bits per heavy atom. The average molecular weight is 331 g/mol. The van der Waals surface area contributed by atoms with Crippen LogP contribution in [-0.4, -0.2) is 80.7 Å². The molecule has 4 heteroatoms. The van der Waals surface area contributed by atoms with E-state index in [1.807, 2.05) is 0 Å². The van der Waals surface area contributed by atoms with Crippen molar-refractivity contribution < 1.29 is 0 Å². The number of nitrogens with zero attached hydrogens (tertiary/aromatic N) is 3. The summed E-state index contributed by atoms with van der Waals surface area (Å²) in [5, 5.41) is 3.49. The van der Waals surface area contributed by atoms with Gasteiger partial charge in [0.15, 0.2) is 0 Å². The summed E-state index contributed by atoms with van der Waals surface area (Å²) in [6.45, 7) is 15.0. The zero-order valence-electron chi connectivity index (χ0n) is 15.7. The normalized spacial score (nSPS) is 22.8. The lowest BCUT2D eigenvalue weighted by Gasteiger charge is -2.40. The molecule has 1 atom stereocenters. The van der Waals surface area contributed by atoms with Crippen molar-refractivity contribution in [3.05, 3.63) is 35.4 Å². The van der Waals surface area contributed by atoms with Gasteiger partial charge in [0, 0.05) is 64.9 Å². The van der Waals surface area contributed by atoms with Crippen molar-refractivity contribution in [2.24, 2.45) is 0 Å². The molecular formula is C20H34N4. The van der Waals surface area contributed by atoms with E-state index < -0.39 is 0 Å². The van der Waals surface area contributed by atoms with Crippen LogP contribution >= 0.6 is 0 Å². The number of piperazine rings is 2. The van der Waals surface area contributed by atoms with E-state index in [0.29, 0.717) is 12.0 Å². The maximum Gasteiger partial charge on any atom is 0.0476 e. The van der Waals surface area contributed by atoms with E-state index in [0.717, 1.165) is 32.7 Å². The smallest absolute Gasteiger partial charge is 0.0476 e. The maximum absolute atomic E-state index is 3.49. The number of nitrogens with one attached hydrogen (secondary N) is 1. The lowest BCUT2D eigenvalue weighted by molar-refractivity contribution is 0.0923. The summed E-state index contributed by atoms with van der Waals surface area (Å²) in [7, 11) is 2.23. The second-order valence-corrected chi connectivity index (χ2v) is 7.73. The van der Waals surface area contributed by atoms with Crippen LogP contribution in [-0.2, 0) is 0 Å². The molecule has 0 bridgehead atoms. The standard InChI is InChI=1S/C20H34N4/c1-17(2)18-4-6-19(7-5-18)20(24-10-8-21-9-11-24)16-23-14-12-22(3)13-15-23/h4-7,17,20-21H,8-16H2,1-3H3. The first-order valence-electron chi connectivity index (χ1n) is 9.59. The molecule has 1 N–H and O–H groups in total. The Morgan fingerprint density at radius 2 is 1.46 bits per heavy atom. The highest BCUT2D eigenvalue weighted by atomic mass is 15.3. The molecule has 0 spiro atoms. The van der Waals surface area contributed by atoms with Crippen molar-refractivity contribution in [3.63, 3.8) is 0 Å². The number of hydrogen-bond acceptors (Lipinski definition) is 4. The van der Waals surface area contributed by atoms with Crippen LogP contribution in [0, 0.1) is 0 Å². The van der Waals surface area contributed by atoms with Crippen LogP contribution in [0.5, 0.6) is 0 Å². The maximum atomic E-state index is 3.49. The number of rotatable bonds is 5. The molecule has 2 fully saturated rings. The van der Waals surface area contributed by atoms with Crippen molar-refractivity contribution in [2.45, 2.75) is 25.8 Å². The third-order valence-corrected chi connectivity index (χ3v) is 5.61. The van der Waals surface area contributed by atoms with Gasteiger partial charge >= 0.3 is 0 Å². The molecule has 1 aromatic rings. The van der Waals surface area contributed by atoms with Gasteiger partial charge in [0.1, 0.15) is 0 Å². The number of hydrogen-bond donors (Lipinski definition) is 1. The van der Waals surface area contributed by atoms with Gasteiger partial charge in [0.25, 0.3) is 0 Å². The quantitative estimate of drug-likeness (QED) is 0.891. The zero-order valence-corrected chi connectivity index (χ0v) is 15.7. The van der Waals surface area contributed by atoms with Gasteiger partial charge in [-0.2, -0.15) is 0 Å². The summed E-state index contributed by atoms with van der Waals surface area (Å²) in [6.07, 6.45) is 0. The first kappa shape index (κ1) is 17.9. The number of likely N-dealkylation sites (N-methyl/N-ethyl adjacent to an activating group) is 1. The predicted molar refractivity (Wildman–Crippen MR) is 102 cm³/mol. The van der Waals surface area contributed by atoms with Gasteiger partial charge in [-0.15, -0.1) is 0 Å². The third kappa shape index (κ3) is 4.57. The minimum atomic E-state index is 0.525. The Morgan fingerprint density at radius 1 is 0.875 bits per heavy atom. The fraction of sp³-hybridized carbons (Fsp3) is 0.700. The number of benzene rings is 1. The molecule has 0 aliphatic carbocycles. The molecule has 0 amide bonds. The molecule has 1 aromatic carbocycles. The molecule has 134 valence electrons. The van der Waals surface area contributed by atoms with E-state index in [4.69, 9.17) is 0 Å². The molecule has 2 saturated heterocycles. The van der Waals surface area contributed by atoms with Crippen LogP contribution in [0.1, 0.15) is 36.9 Å². The first-order valence-corrected chi connectivity index (χ1v) is 9.59. The van der Waals surface area contributed by atoms with Gasteiger partial charge in [-0.05, 0) is 24.1 Å². The predicted octanol–water partition coefficient (Wildman–Crippen LogP) is 2.00. The van der Waals surface area contributed by atoms with Gasteiger partial charge in [-0.25, -0.2) is 0 Å². The van der Waals surface area contributed by atoms with Gasteiger partial charge in [0.05, 0.1) is 0 Å². The summed E-state index contributed by atoms with van der Waals surface area (Å²) in [5.74, 6) is 0.606. The summed E-state index contributed by atoms with van der Waals surface area (Å²) < 4.78 is 0. The fourth-order valence-corrected chi connectivity index (χ4v) is 3.80. The van der Waals surface area contributed by atoms with Crippen molar-refractivity contribution >= 4 is 0 Å². The van der Waals surface area contributed by atoms with E-state index in [1.165, 1.54) is 37.3 Å². The fourth-order valence-electron chi connectivity index (χ4n) is 3.80. The van der Waals surface area contributed by atoms with Gasteiger partial charge in [-0.3, -0.25) is 9.80 Å². The summed E-state index contributed by atoms with van der Waals surface area (Å²) in [6, 6.07) is 9.94. The average Bonchev–Trinajstić information content (AvgIpc) is 2.62. The van der Waals surface area contributed by atoms with E-state index >= 15 is 0 Å². The molecule has 2 aliphatic heterocycles. The molecule has 2 heterocycles. The van der Waals surface area contributed by atoms with Crippen molar-refractivity contribution in [1.29, 1.82) is 0 Å². The Hall–Kier alpha value is -0.940. The van der Waals surface area contributed by atoms with Crippen LogP contribution in [0.3, 0.4) is 0 Å². The van der Waals surface area contributed by atoms with Crippen molar-refractivity contribution in [1.82, 2.24) is 20.0 Å². The summed E-state index contributed by atoms with van der Waals surface area (Å²) in [4.78, 5) is 7.77. The second kappa shape index (κ2) is 8.43. The second-order valence-electron chi connectivity index (χ2n) is 7.73. The summed E-state index contributed by atoms with van der Waals surface area (Å²) in [5.41, 5.74) is 2.93. The molecule has 3 rings (SSSR count). The van der Waals surface area contributed by atoms with Crippen molar-refractivity contribution in [2.75, 3.05) is 66.0 Å². The SMILES string of the molecule is CC(C)c1ccc(C(CN2CCN(C)CC2)N2CCNCC2)cc1. The molecule has 24 heavy (non-hydrogen) atoms.